The third-order valence-corrected chi connectivity index (χ3v) is 3.77. The maximum atomic E-state index is 12.5. The summed E-state index contributed by atoms with van der Waals surface area (Å²) in [6.45, 7) is 0.112. The molecule has 2 N–H and O–H groups in total. The summed E-state index contributed by atoms with van der Waals surface area (Å²) in [6.07, 6.45) is -4.41. The van der Waals surface area contributed by atoms with Gasteiger partial charge in [0, 0.05) is 28.7 Å². The van der Waals surface area contributed by atoms with Gasteiger partial charge in [-0.25, -0.2) is 0 Å². The van der Waals surface area contributed by atoms with Gasteiger partial charge in [-0.1, -0.05) is 15.9 Å². The van der Waals surface area contributed by atoms with Crippen LogP contribution in [0.1, 0.15) is 22.3 Å². The zero-order chi connectivity index (χ0) is 18.4. The Hall–Kier alpha value is -2.35. The van der Waals surface area contributed by atoms with Crippen molar-refractivity contribution in [1.29, 1.82) is 0 Å². The minimum absolute atomic E-state index is 0.00326. The van der Waals surface area contributed by atoms with Crippen molar-refractivity contribution in [2.24, 2.45) is 0 Å². The smallest absolute Gasteiger partial charge is 0.352 e. The minimum Gasteiger partial charge on any atom is -0.352 e. The van der Waals surface area contributed by atoms with Gasteiger partial charge in [0.25, 0.3) is 5.91 Å². The van der Waals surface area contributed by atoms with Gasteiger partial charge in [-0.3, -0.25) is 9.59 Å². The molecule has 0 aromatic heterocycles. The van der Waals surface area contributed by atoms with Crippen molar-refractivity contribution < 1.29 is 22.8 Å². The van der Waals surface area contributed by atoms with Gasteiger partial charge in [0.05, 0.1) is 5.56 Å². The highest BCUT2D eigenvalue weighted by Crippen LogP contribution is 2.29. The van der Waals surface area contributed by atoms with Crippen LogP contribution < -0.4 is 10.6 Å². The lowest BCUT2D eigenvalue weighted by Gasteiger charge is -2.09. The van der Waals surface area contributed by atoms with Gasteiger partial charge < -0.3 is 10.6 Å². The van der Waals surface area contributed by atoms with Crippen LogP contribution in [0.3, 0.4) is 0 Å². The van der Waals surface area contributed by atoms with Gasteiger partial charge in [0.1, 0.15) is 0 Å². The zero-order valence-corrected chi connectivity index (χ0v) is 14.4. The highest BCUT2D eigenvalue weighted by atomic mass is 79.9. The largest absolute Gasteiger partial charge is 0.416 e. The van der Waals surface area contributed by atoms with Crippen molar-refractivity contribution in [3.05, 3.63) is 64.1 Å². The number of alkyl halides is 3. The Morgan fingerprint density at radius 3 is 2.12 bits per heavy atom. The van der Waals surface area contributed by atoms with Gasteiger partial charge in [-0.15, -0.1) is 0 Å². The number of amides is 2. The molecular formula is C17H14BrF3N2O2. The zero-order valence-electron chi connectivity index (χ0n) is 12.9. The van der Waals surface area contributed by atoms with Crippen LogP contribution in [-0.4, -0.2) is 18.4 Å². The summed E-state index contributed by atoms with van der Waals surface area (Å²) in [5.74, 6) is -0.717. The topological polar surface area (TPSA) is 58.2 Å². The molecule has 2 amide bonds. The highest BCUT2D eigenvalue weighted by Gasteiger charge is 2.29. The Morgan fingerprint density at radius 2 is 1.56 bits per heavy atom. The van der Waals surface area contributed by atoms with E-state index in [2.05, 4.69) is 26.6 Å². The predicted octanol–water partition coefficient (Wildman–Crippen LogP) is 4.23. The molecule has 0 spiro atoms. The molecule has 2 rings (SSSR count). The first-order valence-corrected chi connectivity index (χ1v) is 8.06. The third kappa shape index (κ3) is 5.90. The van der Waals surface area contributed by atoms with Gasteiger partial charge in [0.15, 0.2) is 0 Å². The summed E-state index contributed by atoms with van der Waals surface area (Å²) in [5.41, 5.74) is -0.0594. The number of carbonyl (C=O) groups excluding carboxylic acids is 2. The molecule has 0 saturated carbocycles. The summed E-state index contributed by atoms with van der Waals surface area (Å²) < 4.78 is 38.2. The molecule has 8 heteroatoms. The first-order valence-electron chi connectivity index (χ1n) is 7.26. The van der Waals surface area contributed by atoms with E-state index in [1.807, 2.05) is 0 Å². The molecule has 0 heterocycles. The lowest BCUT2D eigenvalue weighted by molar-refractivity contribution is -0.137. The Bertz CT molecular complexity index is 744. The van der Waals surface area contributed by atoms with Crippen LogP contribution in [0.5, 0.6) is 0 Å². The van der Waals surface area contributed by atoms with Crippen LogP contribution in [0.2, 0.25) is 0 Å². The number of rotatable bonds is 5. The fraction of sp³-hybridized carbons (Fsp3) is 0.176. The summed E-state index contributed by atoms with van der Waals surface area (Å²) >= 11 is 3.27. The van der Waals surface area contributed by atoms with Crippen molar-refractivity contribution in [3.63, 3.8) is 0 Å². The van der Waals surface area contributed by atoms with E-state index >= 15 is 0 Å². The maximum Gasteiger partial charge on any atom is 0.416 e. The molecule has 25 heavy (non-hydrogen) atoms. The van der Waals surface area contributed by atoms with E-state index in [9.17, 15) is 22.8 Å². The number of hydrogen-bond acceptors (Lipinski definition) is 2. The molecule has 0 atom stereocenters. The fourth-order valence-electron chi connectivity index (χ4n) is 1.96. The molecule has 0 saturated heterocycles. The summed E-state index contributed by atoms with van der Waals surface area (Å²) in [5, 5.41) is 5.08. The molecule has 0 aliphatic rings. The first-order chi connectivity index (χ1) is 11.8. The molecule has 0 unspecified atom stereocenters. The van der Waals surface area contributed by atoms with Gasteiger partial charge in [-0.2, -0.15) is 13.2 Å². The van der Waals surface area contributed by atoms with Gasteiger partial charge in [-0.05, 0) is 48.5 Å². The van der Waals surface area contributed by atoms with Gasteiger partial charge >= 0.3 is 6.18 Å². The normalized spacial score (nSPS) is 11.0. The van der Waals surface area contributed by atoms with Crippen molar-refractivity contribution >= 4 is 33.4 Å². The maximum absolute atomic E-state index is 12.5. The third-order valence-electron chi connectivity index (χ3n) is 3.24. The molecule has 0 bridgehead atoms. The van der Waals surface area contributed by atoms with Gasteiger partial charge in [0.2, 0.25) is 5.91 Å². The lowest BCUT2D eigenvalue weighted by atomic mass is 10.2. The predicted molar refractivity (Wildman–Crippen MR) is 91.2 cm³/mol. The molecule has 0 radical (unpaired) electrons. The van der Waals surface area contributed by atoms with Crippen LogP contribution in [0.15, 0.2) is 53.0 Å². The monoisotopic (exact) mass is 414 g/mol. The molecule has 2 aromatic rings. The molecular weight excluding hydrogens is 401 g/mol. The average Bonchev–Trinajstić information content (AvgIpc) is 2.55. The number of anilines is 1. The van der Waals surface area contributed by atoms with E-state index in [4.69, 9.17) is 0 Å². The Labute approximate surface area is 150 Å². The van der Waals surface area contributed by atoms with E-state index in [-0.39, 0.29) is 24.6 Å². The van der Waals surface area contributed by atoms with Crippen molar-refractivity contribution in [2.45, 2.75) is 12.6 Å². The van der Waals surface area contributed by atoms with Crippen LogP contribution in [0.4, 0.5) is 18.9 Å². The number of halogens is 4. The van der Waals surface area contributed by atoms with Crippen molar-refractivity contribution in [2.75, 3.05) is 11.9 Å². The van der Waals surface area contributed by atoms with E-state index in [1.165, 1.54) is 12.1 Å². The van der Waals surface area contributed by atoms with E-state index < -0.39 is 17.6 Å². The van der Waals surface area contributed by atoms with E-state index in [0.717, 1.165) is 16.6 Å². The summed E-state index contributed by atoms with van der Waals surface area (Å²) in [6, 6.07) is 10.9. The van der Waals surface area contributed by atoms with Crippen molar-refractivity contribution in [1.82, 2.24) is 5.32 Å². The second-order valence-electron chi connectivity index (χ2n) is 5.14. The lowest BCUT2D eigenvalue weighted by Crippen LogP contribution is -2.27. The highest BCUT2D eigenvalue weighted by molar-refractivity contribution is 9.10. The second kappa shape index (κ2) is 8.15. The molecule has 0 aliphatic heterocycles. The number of benzene rings is 2. The van der Waals surface area contributed by atoms with E-state index in [0.29, 0.717) is 5.56 Å². The second-order valence-corrected chi connectivity index (χ2v) is 6.05. The molecule has 132 valence electrons. The van der Waals surface area contributed by atoms with Crippen molar-refractivity contribution in [3.8, 4) is 0 Å². The molecule has 0 aliphatic carbocycles. The van der Waals surface area contributed by atoms with E-state index in [1.54, 1.807) is 24.3 Å². The van der Waals surface area contributed by atoms with Crippen LogP contribution in [-0.2, 0) is 11.0 Å². The first kappa shape index (κ1) is 19.0. The fourth-order valence-corrected chi connectivity index (χ4v) is 2.22. The standard InChI is InChI=1S/C17H14BrF3N2O2/c18-13-5-1-11(2-6-13)16(25)22-10-9-15(24)23-14-7-3-12(4-8-14)17(19,20)21/h1-8H,9-10H2,(H,22,25)(H,23,24). The quantitative estimate of drug-likeness (QED) is 0.768. The Balaban J connectivity index is 1.79. The summed E-state index contributed by atoms with van der Waals surface area (Å²) in [4.78, 5) is 23.6. The Kier molecular flexibility index (Phi) is 6.19. The number of nitrogens with one attached hydrogen (secondary N) is 2. The van der Waals surface area contributed by atoms with Crippen LogP contribution in [0, 0.1) is 0 Å². The minimum atomic E-state index is -4.42. The Morgan fingerprint density at radius 1 is 0.960 bits per heavy atom. The molecule has 2 aromatic carbocycles. The SMILES string of the molecule is O=C(CCNC(=O)c1ccc(Br)cc1)Nc1ccc(C(F)(F)F)cc1. The van der Waals surface area contributed by atoms with Crippen LogP contribution >= 0.6 is 15.9 Å². The molecule has 0 fully saturated rings. The molecule has 4 nitrogen and oxygen atoms in total. The summed E-state index contributed by atoms with van der Waals surface area (Å²) in [7, 11) is 0. The van der Waals surface area contributed by atoms with Crippen LogP contribution in [0.25, 0.3) is 0 Å². The number of hydrogen-bond donors (Lipinski definition) is 2. The number of carbonyl (C=O) groups is 2. The average molecular weight is 415 g/mol.